The lowest BCUT2D eigenvalue weighted by Gasteiger charge is -2.14. The van der Waals surface area contributed by atoms with E-state index in [4.69, 9.17) is 10.5 Å². The molecule has 3 N–H and O–H groups in total. The second-order valence-electron chi connectivity index (χ2n) is 4.30. The highest BCUT2D eigenvalue weighted by atomic mass is 32.1. The van der Waals surface area contributed by atoms with Crippen LogP contribution in [0.4, 0.5) is 10.8 Å². The Kier molecular flexibility index (Phi) is 5.91. The molecule has 0 radical (unpaired) electrons. The molecule has 0 amide bonds. The predicted molar refractivity (Wildman–Crippen MR) is 75.1 cm³/mol. The molecule has 1 unspecified atom stereocenters. The smallest absolute Gasteiger partial charge is 0.344 e. The average molecular weight is 271 g/mol. The molecule has 1 aromatic heterocycles. The number of nitrogen functional groups attached to an aromatic ring is 1. The zero-order chi connectivity index (χ0) is 13.5. The van der Waals surface area contributed by atoms with Crippen molar-refractivity contribution in [3.8, 4) is 0 Å². The van der Waals surface area contributed by atoms with Crippen LogP contribution in [0.3, 0.4) is 0 Å². The van der Waals surface area contributed by atoms with E-state index in [1.54, 1.807) is 0 Å². The number of esters is 1. The van der Waals surface area contributed by atoms with E-state index in [1.165, 1.54) is 37.9 Å². The van der Waals surface area contributed by atoms with Crippen LogP contribution in [-0.4, -0.2) is 23.5 Å². The minimum atomic E-state index is -0.440. The Bertz CT molecular complexity index is 393. The molecule has 18 heavy (non-hydrogen) atoms. The molecule has 0 saturated carbocycles. The van der Waals surface area contributed by atoms with Gasteiger partial charge in [0, 0.05) is 6.04 Å². The van der Waals surface area contributed by atoms with Crippen LogP contribution < -0.4 is 11.1 Å². The van der Waals surface area contributed by atoms with Crippen molar-refractivity contribution in [2.75, 3.05) is 18.2 Å². The number of anilines is 2. The fraction of sp³-hybridized carbons (Fsp3) is 0.667. The first-order chi connectivity index (χ1) is 8.60. The Labute approximate surface area is 112 Å². The highest BCUT2D eigenvalue weighted by molar-refractivity contribution is 7.11. The predicted octanol–water partition coefficient (Wildman–Crippen LogP) is 2.89. The molecule has 5 nitrogen and oxygen atoms in total. The summed E-state index contributed by atoms with van der Waals surface area (Å²) in [5.74, 6) is -0.209. The van der Waals surface area contributed by atoms with Gasteiger partial charge in [-0.2, -0.15) is 4.37 Å². The number of rotatable bonds is 7. The lowest BCUT2D eigenvalue weighted by atomic mass is 10.1. The largest absolute Gasteiger partial charge is 0.465 e. The Morgan fingerprint density at radius 3 is 2.89 bits per heavy atom. The highest BCUT2D eigenvalue weighted by Gasteiger charge is 2.20. The molecule has 1 heterocycles. The van der Waals surface area contributed by atoms with Gasteiger partial charge in [-0.3, -0.25) is 0 Å². The van der Waals surface area contributed by atoms with Gasteiger partial charge in [-0.1, -0.05) is 26.2 Å². The van der Waals surface area contributed by atoms with E-state index in [9.17, 15) is 4.79 Å². The van der Waals surface area contributed by atoms with Crippen LogP contribution in [0.2, 0.25) is 0 Å². The molecule has 0 fully saturated rings. The van der Waals surface area contributed by atoms with Crippen molar-refractivity contribution < 1.29 is 9.53 Å². The minimum Gasteiger partial charge on any atom is -0.465 e. The fourth-order valence-electron chi connectivity index (χ4n) is 1.70. The van der Waals surface area contributed by atoms with E-state index in [1.807, 2.05) is 0 Å². The van der Waals surface area contributed by atoms with Crippen LogP contribution in [0.5, 0.6) is 0 Å². The Morgan fingerprint density at radius 1 is 1.56 bits per heavy atom. The van der Waals surface area contributed by atoms with E-state index in [0.29, 0.717) is 16.6 Å². The van der Waals surface area contributed by atoms with Gasteiger partial charge in [0.2, 0.25) is 0 Å². The van der Waals surface area contributed by atoms with Gasteiger partial charge < -0.3 is 15.8 Å². The summed E-state index contributed by atoms with van der Waals surface area (Å²) in [5.41, 5.74) is 6.03. The summed E-state index contributed by atoms with van der Waals surface area (Å²) in [6.07, 6.45) is 4.66. The Balaban J connectivity index is 2.64. The van der Waals surface area contributed by atoms with Gasteiger partial charge in [0.15, 0.2) is 5.82 Å². The van der Waals surface area contributed by atoms with E-state index >= 15 is 0 Å². The van der Waals surface area contributed by atoms with Gasteiger partial charge in [0.25, 0.3) is 0 Å². The lowest BCUT2D eigenvalue weighted by Crippen LogP contribution is -2.16. The van der Waals surface area contributed by atoms with Crippen LogP contribution in [0.1, 0.15) is 49.9 Å². The van der Waals surface area contributed by atoms with Gasteiger partial charge >= 0.3 is 5.97 Å². The summed E-state index contributed by atoms with van der Waals surface area (Å²) in [7, 11) is 1.34. The highest BCUT2D eigenvalue weighted by Crippen LogP contribution is 2.28. The summed E-state index contributed by atoms with van der Waals surface area (Å²) < 4.78 is 8.70. The maximum absolute atomic E-state index is 11.6. The number of methoxy groups -OCH3 is 1. The van der Waals surface area contributed by atoms with E-state index in [2.05, 4.69) is 23.5 Å². The quantitative estimate of drug-likeness (QED) is 0.589. The third-order valence-corrected chi connectivity index (χ3v) is 3.52. The third-order valence-electron chi connectivity index (χ3n) is 2.73. The molecular weight excluding hydrogens is 250 g/mol. The first kappa shape index (κ1) is 14.8. The first-order valence-electron chi connectivity index (χ1n) is 6.20. The number of carbonyl (C=O) groups is 1. The average Bonchev–Trinajstić information content (AvgIpc) is 2.70. The molecule has 0 bridgehead atoms. The van der Waals surface area contributed by atoms with Crippen LogP contribution in [0.15, 0.2) is 0 Å². The van der Waals surface area contributed by atoms with Crippen molar-refractivity contribution in [2.45, 2.75) is 45.6 Å². The second kappa shape index (κ2) is 7.20. The molecule has 6 heteroatoms. The number of nitrogens with one attached hydrogen (secondary N) is 1. The zero-order valence-electron chi connectivity index (χ0n) is 11.2. The number of unbranched alkanes of at least 4 members (excludes halogenated alkanes) is 2. The normalized spacial score (nSPS) is 12.2. The second-order valence-corrected chi connectivity index (χ2v) is 5.08. The van der Waals surface area contributed by atoms with Crippen LogP contribution >= 0.6 is 11.5 Å². The molecule has 0 spiro atoms. The van der Waals surface area contributed by atoms with Crippen molar-refractivity contribution in [1.82, 2.24) is 4.37 Å². The van der Waals surface area contributed by atoms with Gasteiger partial charge in [-0.05, 0) is 24.9 Å². The van der Waals surface area contributed by atoms with Crippen molar-refractivity contribution in [3.05, 3.63) is 5.56 Å². The fourth-order valence-corrected chi connectivity index (χ4v) is 2.51. The summed E-state index contributed by atoms with van der Waals surface area (Å²) in [4.78, 5) is 11.6. The number of aromatic nitrogens is 1. The van der Waals surface area contributed by atoms with Gasteiger partial charge in [-0.25, -0.2) is 4.79 Å². The third kappa shape index (κ3) is 3.87. The topological polar surface area (TPSA) is 77.2 Å². The van der Waals surface area contributed by atoms with Crippen LogP contribution in [-0.2, 0) is 4.74 Å². The number of nitrogens with zero attached hydrogens (tertiary/aromatic N) is 1. The molecule has 1 atom stereocenters. The van der Waals surface area contributed by atoms with Crippen molar-refractivity contribution in [3.63, 3.8) is 0 Å². The summed E-state index contributed by atoms with van der Waals surface area (Å²) in [5, 5.41) is 3.98. The number of hydrogen-bond donors (Lipinski definition) is 2. The molecule has 0 saturated heterocycles. The molecule has 0 aliphatic carbocycles. The molecule has 1 aromatic rings. The first-order valence-corrected chi connectivity index (χ1v) is 6.97. The summed E-state index contributed by atoms with van der Waals surface area (Å²) in [6.45, 7) is 4.27. The number of ether oxygens (including phenoxy) is 1. The van der Waals surface area contributed by atoms with Gasteiger partial charge in [0.1, 0.15) is 10.6 Å². The molecule has 1 rings (SSSR count). The van der Waals surface area contributed by atoms with Gasteiger partial charge in [-0.15, -0.1) is 0 Å². The zero-order valence-corrected chi connectivity index (χ0v) is 12.0. The van der Waals surface area contributed by atoms with E-state index in [-0.39, 0.29) is 5.82 Å². The van der Waals surface area contributed by atoms with E-state index in [0.717, 1.165) is 6.42 Å². The van der Waals surface area contributed by atoms with Crippen molar-refractivity contribution >= 4 is 28.3 Å². The standard InChI is InChI=1S/C12H21N3O2S/c1-4-5-6-7-8(2)14-11-9(12(16)17-3)10(13)15-18-11/h8,14H,4-7H2,1-3H3,(H2,13,15). The number of carbonyl (C=O) groups excluding carboxylic acids is 1. The van der Waals surface area contributed by atoms with E-state index < -0.39 is 5.97 Å². The molecule has 0 aliphatic heterocycles. The van der Waals surface area contributed by atoms with Gasteiger partial charge in [0.05, 0.1) is 7.11 Å². The Hall–Kier alpha value is -1.30. The van der Waals surface area contributed by atoms with Crippen LogP contribution in [0, 0.1) is 0 Å². The van der Waals surface area contributed by atoms with Crippen molar-refractivity contribution in [2.24, 2.45) is 0 Å². The SMILES string of the molecule is CCCCCC(C)Nc1snc(N)c1C(=O)OC. The maximum atomic E-state index is 11.6. The van der Waals surface area contributed by atoms with Crippen molar-refractivity contribution in [1.29, 1.82) is 0 Å². The molecular formula is C12H21N3O2S. The molecule has 0 aromatic carbocycles. The monoisotopic (exact) mass is 271 g/mol. The Morgan fingerprint density at radius 2 is 2.28 bits per heavy atom. The summed E-state index contributed by atoms with van der Waals surface area (Å²) in [6, 6.07) is 0.291. The lowest BCUT2D eigenvalue weighted by molar-refractivity contribution is 0.0603. The summed E-state index contributed by atoms with van der Waals surface area (Å²) >= 11 is 1.20. The minimum absolute atomic E-state index is 0.232. The number of hydrogen-bond acceptors (Lipinski definition) is 6. The molecule has 102 valence electrons. The number of nitrogens with two attached hydrogens (primary N) is 1. The molecule has 0 aliphatic rings. The maximum Gasteiger partial charge on any atom is 0.344 e. The van der Waals surface area contributed by atoms with Crippen LogP contribution in [0.25, 0.3) is 0 Å².